The number of fused-ring (bicyclic) bond motifs is 3. The van der Waals surface area contributed by atoms with Crippen molar-refractivity contribution < 1.29 is 32.6 Å². The summed E-state index contributed by atoms with van der Waals surface area (Å²) in [5.74, 6) is -2.60. The minimum Gasteiger partial charge on any atom is -0.486 e. The molecule has 39 heavy (non-hydrogen) atoms. The number of aromatic nitrogens is 1. The maximum Gasteiger partial charge on any atom is 0.490 e. The number of para-hydroxylation sites is 1. The van der Waals surface area contributed by atoms with Gasteiger partial charge in [-0.2, -0.15) is 13.2 Å². The monoisotopic (exact) mass is 563 g/mol. The van der Waals surface area contributed by atoms with Crippen LogP contribution in [0.4, 0.5) is 13.2 Å². The van der Waals surface area contributed by atoms with Crippen molar-refractivity contribution in [2.45, 2.75) is 19.2 Å². The Hall–Kier alpha value is -3.90. The van der Waals surface area contributed by atoms with E-state index in [9.17, 15) is 22.8 Å². The molecule has 8 nitrogen and oxygen atoms in total. The van der Waals surface area contributed by atoms with Crippen LogP contribution < -0.4 is 15.6 Å². The predicted octanol–water partition coefficient (Wildman–Crippen LogP) is 4.65. The minimum atomic E-state index is -5.08. The highest BCUT2D eigenvalue weighted by atomic mass is 32.1. The Morgan fingerprint density at radius 1 is 1.08 bits per heavy atom. The largest absolute Gasteiger partial charge is 0.490 e. The van der Waals surface area contributed by atoms with Gasteiger partial charge in [0.25, 0.3) is 11.5 Å². The molecule has 4 aromatic rings. The Labute approximate surface area is 226 Å². The van der Waals surface area contributed by atoms with E-state index in [4.69, 9.17) is 14.6 Å². The van der Waals surface area contributed by atoms with Crippen LogP contribution in [0, 0.1) is 0 Å². The standard InChI is InChI=1S/C25H27N3O3S.C2HF3O2/c1-27(2)15-9-14-26-24(29)23-21(31-16-17-10-5-4-6-11-17)20-22(32-23)18-12-7-8-13-19(18)28(3)25(20)30;3-2(4,5)1(6)7/h4-8,10-13H,9,14-16H2,1-3H3,(H,26,29);(H,6,7). The maximum absolute atomic E-state index is 13.3. The molecule has 2 N–H and O–H groups in total. The number of rotatable bonds is 8. The second-order valence-electron chi connectivity index (χ2n) is 8.84. The first-order valence-electron chi connectivity index (χ1n) is 11.9. The number of carboxylic acids is 1. The number of halogens is 3. The number of hydrogen-bond acceptors (Lipinski definition) is 6. The number of alkyl halides is 3. The van der Waals surface area contributed by atoms with Gasteiger partial charge in [-0.3, -0.25) is 9.59 Å². The summed E-state index contributed by atoms with van der Waals surface area (Å²) < 4.78 is 40.3. The van der Waals surface area contributed by atoms with Crippen LogP contribution in [0.5, 0.6) is 5.75 Å². The van der Waals surface area contributed by atoms with Crippen molar-refractivity contribution in [3.05, 3.63) is 75.4 Å². The molecule has 0 aliphatic carbocycles. The Bertz CT molecular complexity index is 1510. The van der Waals surface area contributed by atoms with Gasteiger partial charge in [-0.25, -0.2) is 4.79 Å². The number of aryl methyl sites for hydroxylation is 1. The van der Waals surface area contributed by atoms with Gasteiger partial charge in [-0.15, -0.1) is 11.3 Å². The smallest absolute Gasteiger partial charge is 0.486 e. The van der Waals surface area contributed by atoms with E-state index in [1.54, 1.807) is 11.6 Å². The number of carbonyl (C=O) groups excluding carboxylic acids is 1. The summed E-state index contributed by atoms with van der Waals surface area (Å²) in [6.07, 6.45) is -4.24. The van der Waals surface area contributed by atoms with Crippen LogP contribution in [0.3, 0.4) is 0 Å². The molecule has 0 radical (unpaired) electrons. The lowest BCUT2D eigenvalue weighted by Crippen LogP contribution is -2.27. The van der Waals surface area contributed by atoms with E-state index in [1.807, 2.05) is 68.7 Å². The van der Waals surface area contributed by atoms with Gasteiger partial charge < -0.3 is 24.6 Å². The molecule has 2 aromatic carbocycles. The lowest BCUT2D eigenvalue weighted by Gasteiger charge is -2.11. The molecular weight excluding hydrogens is 535 g/mol. The molecule has 0 fully saturated rings. The van der Waals surface area contributed by atoms with Crippen LogP contribution in [0.1, 0.15) is 21.7 Å². The quantitative estimate of drug-likeness (QED) is 0.303. The van der Waals surface area contributed by atoms with E-state index >= 15 is 0 Å². The van der Waals surface area contributed by atoms with Crippen LogP contribution in [-0.2, 0) is 18.4 Å². The Morgan fingerprint density at radius 3 is 2.31 bits per heavy atom. The summed E-state index contributed by atoms with van der Waals surface area (Å²) in [6.45, 7) is 1.72. The Kier molecular flexibility index (Phi) is 9.71. The maximum atomic E-state index is 13.3. The number of hydrogen-bond donors (Lipinski definition) is 2. The highest BCUT2D eigenvalue weighted by Crippen LogP contribution is 2.40. The van der Waals surface area contributed by atoms with E-state index in [0.717, 1.165) is 34.1 Å². The number of pyridine rings is 1. The zero-order valence-electron chi connectivity index (χ0n) is 21.5. The van der Waals surface area contributed by atoms with Crippen molar-refractivity contribution in [3.63, 3.8) is 0 Å². The van der Waals surface area contributed by atoms with Gasteiger partial charge in [0.1, 0.15) is 16.9 Å². The fourth-order valence-electron chi connectivity index (χ4n) is 3.73. The van der Waals surface area contributed by atoms with Crippen LogP contribution in [0.2, 0.25) is 0 Å². The van der Waals surface area contributed by atoms with E-state index in [0.29, 0.717) is 22.6 Å². The minimum absolute atomic E-state index is 0.162. The summed E-state index contributed by atoms with van der Waals surface area (Å²) in [7, 11) is 5.76. The lowest BCUT2D eigenvalue weighted by molar-refractivity contribution is -0.192. The first kappa shape index (κ1) is 29.7. The fraction of sp³-hybridized carbons (Fsp3) is 0.296. The average Bonchev–Trinajstić information content (AvgIpc) is 3.28. The van der Waals surface area contributed by atoms with Crippen molar-refractivity contribution in [3.8, 4) is 5.75 Å². The summed E-state index contributed by atoms with van der Waals surface area (Å²) in [5, 5.41) is 11.5. The van der Waals surface area contributed by atoms with Crippen LogP contribution in [0.15, 0.2) is 59.4 Å². The number of nitrogens with zero attached hydrogens (tertiary/aromatic N) is 2. The molecule has 2 aromatic heterocycles. The first-order chi connectivity index (χ1) is 18.4. The fourth-order valence-corrected chi connectivity index (χ4v) is 4.92. The highest BCUT2D eigenvalue weighted by Gasteiger charge is 2.38. The van der Waals surface area contributed by atoms with Crippen LogP contribution in [0.25, 0.3) is 21.0 Å². The summed E-state index contributed by atoms with van der Waals surface area (Å²) in [5.41, 5.74) is 1.64. The van der Waals surface area contributed by atoms with Crippen molar-refractivity contribution in [1.29, 1.82) is 0 Å². The van der Waals surface area contributed by atoms with E-state index in [2.05, 4.69) is 10.2 Å². The SMILES string of the molecule is CN(C)CCCNC(=O)c1sc2c(c1OCc1ccccc1)c(=O)n(C)c1ccccc21.O=C(O)C(F)(F)F. The van der Waals surface area contributed by atoms with Gasteiger partial charge in [0.2, 0.25) is 0 Å². The van der Waals surface area contributed by atoms with Crippen molar-refractivity contribution in [2.24, 2.45) is 7.05 Å². The number of ether oxygens (including phenoxy) is 1. The van der Waals surface area contributed by atoms with Gasteiger partial charge in [-0.1, -0.05) is 48.5 Å². The number of carbonyl (C=O) groups is 2. The highest BCUT2D eigenvalue weighted by molar-refractivity contribution is 7.22. The molecule has 1 amide bonds. The van der Waals surface area contributed by atoms with Gasteiger partial charge in [0.15, 0.2) is 5.75 Å². The predicted molar refractivity (Wildman–Crippen MR) is 145 cm³/mol. The number of benzene rings is 2. The zero-order valence-corrected chi connectivity index (χ0v) is 22.4. The third-order valence-electron chi connectivity index (χ3n) is 5.64. The molecule has 0 saturated heterocycles. The van der Waals surface area contributed by atoms with Gasteiger partial charge in [0, 0.05) is 19.0 Å². The molecule has 12 heteroatoms. The molecule has 4 rings (SSSR count). The number of nitrogens with one attached hydrogen (secondary N) is 1. The number of amides is 1. The molecule has 0 unspecified atom stereocenters. The van der Waals surface area contributed by atoms with E-state index in [1.165, 1.54) is 11.3 Å². The third-order valence-corrected chi connectivity index (χ3v) is 6.84. The van der Waals surface area contributed by atoms with Crippen LogP contribution >= 0.6 is 11.3 Å². The van der Waals surface area contributed by atoms with Crippen molar-refractivity contribution >= 4 is 44.2 Å². The lowest BCUT2D eigenvalue weighted by atomic mass is 10.1. The topological polar surface area (TPSA) is 101 Å². The molecule has 0 aliphatic heterocycles. The van der Waals surface area contributed by atoms with E-state index < -0.39 is 12.1 Å². The molecule has 208 valence electrons. The summed E-state index contributed by atoms with van der Waals surface area (Å²) in [4.78, 5) is 37.8. The van der Waals surface area contributed by atoms with Gasteiger partial charge in [-0.05, 0) is 38.7 Å². The normalized spacial score (nSPS) is 11.4. The van der Waals surface area contributed by atoms with Crippen molar-refractivity contribution in [2.75, 3.05) is 27.2 Å². The molecule has 0 spiro atoms. The van der Waals surface area contributed by atoms with Gasteiger partial charge >= 0.3 is 12.1 Å². The molecule has 0 aliphatic rings. The zero-order chi connectivity index (χ0) is 28.7. The number of thiophene rings is 1. The number of carboxylic acid groups (broad SMARTS) is 1. The summed E-state index contributed by atoms with van der Waals surface area (Å²) in [6, 6.07) is 17.5. The third kappa shape index (κ3) is 7.36. The Balaban J connectivity index is 0.000000532. The number of aliphatic carboxylic acids is 1. The van der Waals surface area contributed by atoms with Gasteiger partial charge in [0.05, 0.1) is 10.2 Å². The second kappa shape index (κ2) is 12.8. The Morgan fingerprint density at radius 2 is 1.69 bits per heavy atom. The first-order valence-corrected chi connectivity index (χ1v) is 12.7. The van der Waals surface area contributed by atoms with Crippen LogP contribution in [-0.4, -0.2) is 59.8 Å². The molecular formula is C27H28F3N3O5S. The molecule has 0 bridgehead atoms. The summed E-state index contributed by atoms with van der Waals surface area (Å²) >= 11 is 1.32. The van der Waals surface area contributed by atoms with E-state index in [-0.39, 0.29) is 18.1 Å². The molecule has 0 saturated carbocycles. The average molecular weight is 564 g/mol. The van der Waals surface area contributed by atoms with Crippen molar-refractivity contribution in [1.82, 2.24) is 14.8 Å². The molecule has 2 heterocycles. The molecule has 0 atom stereocenters. The second-order valence-corrected chi connectivity index (χ2v) is 9.86.